The molecule has 0 saturated carbocycles. The van der Waals surface area contributed by atoms with Crippen LogP contribution in [0, 0.1) is 17.8 Å². The Hall–Kier alpha value is -1.43. The Bertz CT molecular complexity index is 422. The summed E-state index contributed by atoms with van der Waals surface area (Å²) in [5.41, 5.74) is 0. The second kappa shape index (κ2) is 11.2. The van der Waals surface area contributed by atoms with Crippen molar-refractivity contribution in [3.8, 4) is 0 Å². The van der Waals surface area contributed by atoms with Crippen LogP contribution in [0.25, 0.3) is 0 Å². The number of carbonyl (C=O) groups is 3. The highest BCUT2D eigenvalue weighted by molar-refractivity contribution is 5.91. The molecule has 0 saturated heterocycles. The Labute approximate surface area is 146 Å². The van der Waals surface area contributed by atoms with Crippen LogP contribution in [0.15, 0.2) is 0 Å². The largest absolute Gasteiger partial charge is 0.348 e. The molecule has 2 N–H and O–H groups in total. The summed E-state index contributed by atoms with van der Waals surface area (Å²) < 4.78 is 0. The van der Waals surface area contributed by atoms with Gasteiger partial charge in [-0.15, -0.1) is 0 Å². The quantitative estimate of drug-likeness (QED) is 0.596. The van der Waals surface area contributed by atoms with Gasteiger partial charge in [0, 0.05) is 13.0 Å². The van der Waals surface area contributed by atoms with Crippen molar-refractivity contribution in [1.82, 2.24) is 15.5 Å². The van der Waals surface area contributed by atoms with E-state index in [2.05, 4.69) is 24.5 Å². The van der Waals surface area contributed by atoms with Gasteiger partial charge in [0.25, 0.3) is 0 Å². The minimum absolute atomic E-state index is 0.0238. The van der Waals surface area contributed by atoms with Gasteiger partial charge in [-0.1, -0.05) is 34.6 Å². The van der Waals surface area contributed by atoms with Crippen molar-refractivity contribution in [2.24, 2.45) is 17.8 Å². The van der Waals surface area contributed by atoms with Crippen molar-refractivity contribution < 1.29 is 14.4 Å². The van der Waals surface area contributed by atoms with Crippen molar-refractivity contribution in [3.05, 3.63) is 0 Å². The van der Waals surface area contributed by atoms with E-state index in [4.69, 9.17) is 0 Å². The van der Waals surface area contributed by atoms with Gasteiger partial charge in [0.1, 0.15) is 0 Å². The number of amides is 2. The van der Waals surface area contributed by atoms with Crippen molar-refractivity contribution >= 4 is 17.6 Å². The number of nitrogens with one attached hydrogen (secondary N) is 2. The van der Waals surface area contributed by atoms with Gasteiger partial charge in [-0.25, -0.2) is 0 Å². The van der Waals surface area contributed by atoms with Crippen LogP contribution in [0.5, 0.6) is 0 Å². The van der Waals surface area contributed by atoms with Gasteiger partial charge in [0.2, 0.25) is 11.8 Å². The molecule has 0 spiro atoms. The third kappa shape index (κ3) is 9.01. The van der Waals surface area contributed by atoms with E-state index in [0.29, 0.717) is 18.3 Å². The van der Waals surface area contributed by atoms with Gasteiger partial charge >= 0.3 is 0 Å². The van der Waals surface area contributed by atoms with Crippen LogP contribution in [0.3, 0.4) is 0 Å². The molecule has 0 aliphatic carbocycles. The second-order valence-corrected chi connectivity index (χ2v) is 7.45. The molecule has 24 heavy (non-hydrogen) atoms. The molecule has 2 atom stereocenters. The maximum atomic E-state index is 12.2. The first-order valence-corrected chi connectivity index (χ1v) is 8.80. The molecule has 6 nitrogen and oxygen atoms in total. The molecule has 0 aromatic heterocycles. The van der Waals surface area contributed by atoms with E-state index in [-0.39, 0.29) is 42.6 Å². The number of likely N-dealkylation sites (N-methyl/N-ethyl adjacent to an activating group) is 2. The van der Waals surface area contributed by atoms with E-state index < -0.39 is 0 Å². The fraction of sp³-hybridized carbons (Fsp3) is 0.833. The molecule has 140 valence electrons. The molecule has 0 bridgehead atoms. The zero-order valence-corrected chi connectivity index (χ0v) is 16.3. The molecule has 0 aromatic rings. The number of carbonyl (C=O) groups excluding carboxylic acids is 3. The smallest absolute Gasteiger partial charge is 0.237 e. The van der Waals surface area contributed by atoms with Crippen molar-refractivity contribution in [1.29, 1.82) is 0 Å². The molecule has 0 aliphatic heterocycles. The third-order valence-electron chi connectivity index (χ3n) is 3.87. The maximum absolute atomic E-state index is 12.2. The van der Waals surface area contributed by atoms with Crippen LogP contribution in [-0.2, 0) is 14.4 Å². The highest BCUT2D eigenvalue weighted by Gasteiger charge is 2.22. The third-order valence-corrected chi connectivity index (χ3v) is 3.87. The lowest BCUT2D eigenvalue weighted by Crippen LogP contribution is -2.46. The average Bonchev–Trinajstić information content (AvgIpc) is 2.48. The number of hydrogen-bond donors (Lipinski definition) is 2. The minimum Gasteiger partial charge on any atom is -0.348 e. The highest BCUT2D eigenvalue weighted by Crippen LogP contribution is 2.13. The molecule has 2 unspecified atom stereocenters. The predicted molar refractivity (Wildman–Crippen MR) is 96.6 cm³/mol. The molecule has 0 heterocycles. The first kappa shape index (κ1) is 22.6. The van der Waals surface area contributed by atoms with Gasteiger partial charge in [-0.05, 0) is 31.7 Å². The number of ketones is 1. The summed E-state index contributed by atoms with van der Waals surface area (Å²) in [5, 5.41) is 5.62. The Kier molecular flexibility index (Phi) is 10.5. The number of nitrogens with zero attached hydrogens (tertiary/aromatic N) is 1. The molecule has 6 heteroatoms. The summed E-state index contributed by atoms with van der Waals surface area (Å²) in [4.78, 5) is 37.7. The monoisotopic (exact) mass is 341 g/mol. The summed E-state index contributed by atoms with van der Waals surface area (Å²) >= 11 is 0. The van der Waals surface area contributed by atoms with Gasteiger partial charge in [0.05, 0.1) is 19.1 Å². The number of Topliss-reactive ketones (excluding diaryl/α,β-unsaturated/α-hetero) is 1. The SMILES string of the molecule is CNC(CC(C)C)C(=O)NCC(=O)CN(C)C(=O)C(C)CC(C)C. The average molecular weight is 341 g/mol. The number of hydrogen-bond acceptors (Lipinski definition) is 4. The zero-order chi connectivity index (χ0) is 18.9. The lowest BCUT2D eigenvalue weighted by molar-refractivity contribution is -0.137. The predicted octanol–water partition coefficient (Wildman–Crippen LogP) is 1.45. The first-order chi connectivity index (χ1) is 11.1. The topological polar surface area (TPSA) is 78.5 Å². The Morgan fingerprint density at radius 2 is 1.50 bits per heavy atom. The van der Waals surface area contributed by atoms with Crippen LogP contribution in [0.1, 0.15) is 47.5 Å². The summed E-state index contributed by atoms with van der Waals surface area (Å²) in [6.45, 7) is 10.1. The Balaban J connectivity index is 4.33. The van der Waals surface area contributed by atoms with Crippen LogP contribution < -0.4 is 10.6 Å². The molecule has 0 aromatic carbocycles. The summed E-state index contributed by atoms with van der Waals surface area (Å²) in [6.07, 6.45) is 1.51. The molecular formula is C18H35N3O3. The van der Waals surface area contributed by atoms with Gasteiger partial charge in [0.15, 0.2) is 5.78 Å². The molecule has 0 rings (SSSR count). The molecular weight excluding hydrogens is 306 g/mol. The normalized spacial score (nSPS) is 13.7. The fourth-order valence-corrected chi connectivity index (χ4v) is 2.72. The van der Waals surface area contributed by atoms with E-state index in [9.17, 15) is 14.4 Å². The summed E-state index contributed by atoms with van der Waals surface area (Å²) in [5.74, 6) is 0.340. The van der Waals surface area contributed by atoms with Crippen LogP contribution >= 0.6 is 0 Å². The summed E-state index contributed by atoms with van der Waals surface area (Å²) in [7, 11) is 3.37. The van der Waals surface area contributed by atoms with Gasteiger partial charge in [-0.2, -0.15) is 0 Å². The van der Waals surface area contributed by atoms with E-state index in [1.54, 1.807) is 14.1 Å². The molecule has 0 radical (unpaired) electrons. The summed E-state index contributed by atoms with van der Waals surface area (Å²) in [6, 6.07) is -0.303. The van der Waals surface area contributed by atoms with Crippen LogP contribution in [-0.4, -0.2) is 55.7 Å². The number of rotatable bonds is 11. The van der Waals surface area contributed by atoms with E-state index in [1.165, 1.54) is 4.90 Å². The molecule has 2 amide bonds. The van der Waals surface area contributed by atoms with Crippen molar-refractivity contribution in [2.45, 2.75) is 53.5 Å². The minimum atomic E-state index is -0.303. The fourth-order valence-electron chi connectivity index (χ4n) is 2.72. The van der Waals surface area contributed by atoms with Crippen LogP contribution in [0.4, 0.5) is 0 Å². The maximum Gasteiger partial charge on any atom is 0.237 e. The van der Waals surface area contributed by atoms with E-state index in [1.807, 2.05) is 20.8 Å². The van der Waals surface area contributed by atoms with Gasteiger partial charge < -0.3 is 15.5 Å². The molecule has 0 fully saturated rings. The Morgan fingerprint density at radius 1 is 0.958 bits per heavy atom. The zero-order valence-electron chi connectivity index (χ0n) is 16.3. The lowest BCUT2D eigenvalue weighted by Gasteiger charge is -2.22. The second-order valence-electron chi connectivity index (χ2n) is 7.45. The Morgan fingerprint density at radius 3 is 1.96 bits per heavy atom. The molecule has 0 aliphatic rings. The lowest BCUT2D eigenvalue weighted by atomic mass is 9.98. The van der Waals surface area contributed by atoms with Crippen molar-refractivity contribution in [3.63, 3.8) is 0 Å². The van der Waals surface area contributed by atoms with Gasteiger partial charge in [-0.3, -0.25) is 14.4 Å². The van der Waals surface area contributed by atoms with Crippen molar-refractivity contribution in [2.75, 3.05) is 27.2 Å². The first-order valence-electron chi connectivity index (χ1n) is 8.80. The van der Waals surface area contributed by atoms with E-state index >= 15 is 0 Å². The standard InChI is InChI=1S/C18H35N3O3/c1-12(2)8-14(5)18(24)21(7)11-15(22)10-20-17(23)16(19-6)9-13(3)4/h12-14,16,19H,8-11H2,1-7H3,(H,20,23). The van der Waals surface area contributed by atoms with E-state index in [0.717, 1.165) is 6.42 Å². The van der Waals surface area contributed by atoms with Crippen LogP contribution in [0.2, 0.25) is 0 Å². The highest BCUT2D eigenvalue weighted by atomic mass is 16.2.